The molecule has 0 bridgehead atoms. The number of nitrogens with zero attached hydrogens (tertiary/aromatic N) is 4. The van der Waals surface area contributed by atoms with Crippen molar-refractivity contribution in [3.63, 3.8) is 0 Å². The van der Waals surface area contributed by atoms with Crippen molar-refractivity contribution in [3.05, 3.63) is 5.82 Å². The lowest BCUT2D eigenvalue weighted by molar-refractivity contribution is -0.197. The van der Waals surface area contributed by atoms with E-state index in [1.807, 2.05) is 0 Å². The van der Waals surface area contributed by atoms with Crippen molar-refractivity contribution >= 4 is 33.4 Å². The van der Waals surface area contributed by atoms with Crippen LogP contribution in [0.4, 0.5) is 0 Å². The van der Waals surface area contributed by atoms with Gasteiger partial charge in [-0.3, -0.25) is 14.4 Å². The van der Waals surface area contributed by atoms with Gasteiger partial charge in [0.2, 0.25) is 0 Å². The number of hydroxylamine groups is 2. The van der Waals surface area contributed by atoms with Gasteiger partial charge in [-0.25, -0.2) is 13.2 Å². The minimum absolute atomic E-state index is 0.00444. The summed E-state index contributed by atoms with van der Waals surface area (Å²) in [4.78, 5) is 51.4. The number of rotatable bonds is 23. The fourth-order valence-electron chi connectivity index (χ4n) is 4.47. The topological polar surface area (TPSA) is 169 Å². The van der Waals surface area contributed by atoms with Gasteiger partial charge in [0.05, 0.1) is 5.75 Å². The Labute approximate surface area is 230 Å². The fourth-order valence-corrected chi connectivity index (χ4v) is 5.83. The number of unbranched alkanes of at least 4 members (excludes halogenated alkanes) is 12. The molecule has 1 N–H and O–H groups in total. The number of hydrogen-bond donors (Lipinski definition) is 1. The number of amides is 2. The zero-order valence-electron chi connectivity index (χ0n) is 22.9. The Morgan fingerprint density at radius 2 is 1.31 bits per heavy atom. The first kappa shape index (κ1) is 32.5. The van der Waals surface area contributed by atoms with Crippen molar-refractivity contribution < 1.29 is 32.4 Å². The van der Waals surface area contributed by atoms with Gasteiger partial charge >= 0.3 is 5.97 Å². The van der Waals surface area contributed by atoms with Crippen LogP contribution in [0.5, 0.6) is 0 Å². The van der Waals surface area contributed by atoms with Gasteiger partial charge in [0.25, 0.3) is 11.8 Å². The molecule has 13 heteroatoms. The number of aromatic amines is 1. The van der Waals surface area contributed by atoms with E-state index in [-0.39, 0.29) is 43.6 Å². The van der Waals surface area contributed by atoms with Crippen LogP contribution in [0, 0.1) is 0 Å². The minimum Gasteiger partial charge on any atom is -0.330 e. The fraction of sp³-hybridized carbons (Fsp3) is 0.808. The Kier molecular flexibility index (Phi) is 15.5. The number of aromatic nitrogens is 4. The van der Waals surface area contributed by atoms with Crippen LogP contribution in [0.15, 0.2) is 0 Å². The molecular formula is C26H43N5O7S. The Morgan fingerprint density at radius 1 is 0.769 bits per heavy atom. The first-order valence-corrected chi connectivity index (χ1v) is 16.1. The van der Waals surface area contributed by atoms with Gasteiger partial charge in [-0.1, -0.05) is 75.8 Å². The molecule has 39 heavy (non-hydrogen) atoms. The van der Waals surface area contributed by atoms with E-state index >= 15 is 0 Å². The molecule has 2 rings (SSSR count). The molecule has 1 aliphatic rings. The first-order valence-electron chi connectivity index (χ1n) is 14.3. The highest BCUT2D eigenvalue weighted by molar-refractivity contribution is 7.92. The third kappa shape index (κ3) is 14.9. The summed E-state index contributed by atoms with van der Waals surface area (Å²) in [6.07, 6.45) is 15.7. The lowest BCUT2D eigenvalue weighted by Crippen LogP contribution is -2.32. The third-order valence-electron chi connectivity index (χ3n) is 6.66. The predicted octanol–water partition coefficient (Wildman–Crippen LogP) is 3.57. The van der Waals surface area contributed by atoms with Gasteiger partial charge < -0.3 is 4.84 Å². The largest absolute Gasteiger partial charge is 0.333 e. The summed E-state index contributed by atoms with van der Waals surface area (Å²) < 4.78 is 24.3. The second-order valence-corrected chi connectivity index (χ2v) is 12.4. The number of Topliss-reactive ketones (excluding diaryl/α,β-unsaturated/α-hetero) is 1. The van der Waals surface area contributed by atoms with E-state index in [0.717, 1.165) is 37.9 Å². The maximum absolute atomic E-state index is 12.2. The molecule has 1 fully saturated rings. The monoisotopic (exact) mass is 569 g/mol. The summed E-state index contributed by atoms with van der Waals surface area (Å²) in [5, 5.41) is 14.4. The first-order chi connectivity index (χ1) is 18.8. The van der Waals surface area contributed by atoms with E-state index in [1.54, 1.807) is 0 Å². The van der Waals surface area contributed by atoms with Crippen molar-refractivity contribution in [2.24, 2.45) is 0 Å². The van der Waals surface area contributed by atoms with Crippen LogP contribution in [0.2, 0.25) is 0 Å². The van der Waals surface area contributed by atoms with Crippen molar-refractivity contribution in [2.75, 3.05) is 11.5 Å². The number of nitrogens with one attached hydrogen (secondary N) is 1. The van der Waals surface area contributed by atoms with E-state index in [4.69, 9.17) is 4.84 Å². The number of tetrazole rings is 1. The lowest BCUT2D eigenvalue weighted by atomic mass is 10.0. The highest BCUT2D eigenvalue weighted by Gasteiger charge is 2.32. The predicted molar refractivity (Wildman–Crippen MR) is 143 cm³/mol. The number of H-pyrrole nitrogens is 1. The van der Waals surface area contributed by atoms with Crippen LogP contribution >= 0.6 is 0 Å². The van der Waals surface area contributed by atoms with Gasteiger partial charge in [-0.2, -0.15) is 5.21 Å². The molecule has 1 aliphatic heterocycles. The molecule has 2 heterocycles. The summed E-state index contributed by atoms with van der Waals surface area (Å²) in [7, 11) is -3.62. The summed E-state index contributed by atoms with van der Waals surface area (Å²) >= 11 is 0. The van der Waals surface area contributed by atoms with E-state index in [1.165, 1.54) is 51.4 Å². The van der Waals surface area contributed by atoms with Crippen molar-refractivity contribution in [2.45, 2.75) is 122 Å². The molecule has 0 unspecified atom stereocenters. The molecular weight excluding hydrogens is 526 g/mol. The van der Waals surface area contributed by atoms with Crippen LogP contribution in [0.1, 0.15) is 121 Å². The lowest BCUT2D eigenvalue weighted by Gasteiger charge is -2.12. The zero-order valence-corrected chi connectivity index (χ0v) is 23.7. The molecule has 0 aliphatic carbocycles. The smallest absolute Gasteiger partial charge is 0.330 e. The second-order valence-electron chi connectivity index (χ2n) is 10.2. The molecule has 0 spiro atoms. The molecule has 0 atom stereocenters. The van der Waals surface area contributed by atoms with Gasteiger partial charge in [-0.15, -0.1) is 15.3 Å². The highest BCUT2D eigenvalue weighted by atomic mass is 32.2. The van der Waals surface area contributed by atoms with E-state index in [2.05, 4.69) is 20.6 Å². The number of carbonyl (C=O) groups is 4. The maximum atomic E-state index is 12.2. The van der Waals surface area contributed by atoms with Crippen LogP contribution in [0.3, 0.4) is 0 Å². The van der Waals surface area contributed by atoms with Crippen LogP contribution in [-0.4, -0.2) is 69.2 Å². The summed E-state index contributed by atoms with van der Waals surface area (Å²) in [6, 6.07) is 0. The van der Waals surface area contributed by atoms with E-state index in [0.29, 0.717) is 11.5 Å². The molecule has 220 valence electrons. The number of carbonyl (C=O) groups excluding carboxylic acids is 4. The SMILES string of the molecule is O=C(CCCCCCCCCCCCCCCc1nn[nH]n1)CS(=O)(=O)CCCC(=O)ON1C(=O)CCC1=O. The average Bonchev–Trinajstić information content (AvgIpc) is 3.51. The van der Waals surface area contributed by atoms with Gasteiger partial charge in [0, 0.05) is 32.1 Å². The van der Waals surface area contributed by atoms with Crippen LogP contribution in [0.25, 0.3) is 0 Å². The third-order valence-corrected chi connectivity index (χ3v) is 8.33. The molecule has 0 saturated carbocycles. The Morgan fingerprint density at radius 3 is 1.85 bits per heavy atom. The summed E-state index contributed by atoms with van der Waals surface area (Å²) in [6.45, 7) is 0. The number of imide groups is 1. The molecule has 1 aromatic rings. The maximum Gasteiger partial charge on any atom is 0.333 e. The van der Waals surface area contributed by atoms with Gasteiger partial charge in [0.1, 0.15) is 11.5 Å². The Balaban J connectivity index is 1.36. The van der Waals surface area contributed by atoms with Crippen LogP contribution < -0.4 is 0 Å². The Hall–Kier alpha value is -2.70. The van der Waals surface area contributed by atoms with Crippen LogP contribution in [-0.2, 0) is 40.3 Å². The normalized spacial score (nSPS) is 13.8. The molecule has 0 aromatic carbocycles. The number of aryl methyl sites for hydroxylation is 1. The van der Waals surface area contributed by atoms with Crippen molar-refractivity contribution in [3.8, 4) is 0 Å². The number of hydrogen-bond acceptors (Lipinski definition) is 10. The molecule has 2 amide bonds. The molecule has 12 nitrogen and oxygen atoms in total. The quantitative estimate of drug-likeness (QED) is 0.152. The standard InChI is InChI=1S/C26H43N5O7S/c32-22(21-39(36,37)20-14-17-26(35)38-31-24(33)18-19-25(31)34)15-12-10-8-6-4-2-1-3-5-7-9-11-13-16-23-27-29-30-28-23/h1-21H2,(H,27,28,29,30). The summed E-state index contributed by atoms with van der Waals surface area (Å²) in [5.41, 5.74) is 0. The zero-order chi connectivity index (χ0) is 28.3. The van der Waals surface area contributed by atoms with E-state index < -0.39 is 33.4 Å². The molecule has 1 aromatic heterocycles. The van der Waals surface area contributed by atoms with Gasteiger partial charge in [-0.05, 0) is 19.3 Å². The molecule has 1 saturated heterocycles. The number of ketones is 1. The van der Waals surface area contributed by atoms with Gasteiger partial charge in [0.15, 0.2) is 15.7 Å². The number of sulfone groups is 1. The van der Waals surface area contributed by atoms with Crippen molar-refractivity contribution in [1.29, 1.82) is 0 Å². The molecule has 0 radical (unpaired) electrons. The minimum atomic E-state index is -3.62. The van der Waals surface area contributed by atoms with E-state index in [9.17, 15) is 27.6 Å². The highest BCUT2D eigenvalue weighted by Crippen LogP contribution is 2.15. The average molecular weight is 570 g/mol. The Bertz CT molecular complexity index is 982. The summed E-state index contributed by atoms with van der Waals surface area (Å²) in [5.74, 6) is -2.37. The van der Waals surface area contributed by atoms with Crippen molar-refractivity contribution in [1.82, 2.24) is 25.7 Å². The second kappa shape index (κ2) is 18.6.